The van der Waals surface area contributed by atoms with Crippen molar-refractivity contribution in [2.24, 2.45) is 0 Å². The molecular weight excluding hydrogens is 362 g/mol. The molecule has 0 spiro atoms. The molecule has 0 N–H and O–H groups in total. The van der Waals surface area contributed by atoms with Gasteiger partial charge in [0, 0.05) is 5.56 Å². The summed E-state index contributed by atoms with van der Waals surface area (Å²) >= 11 is 0. The number of ketones is 1. The molecule has 0 radical (unpaired) electrons. The number of hydrogen-bond acceptors (Lipinski definition) is 5. The molecule has 2 rings (SSSR count). The fourth-order valence-electron chi connectivity index (χ4n) is 1.79. The first-order valence-electron chi connectivity index (χ1n) is 6.39. The Kier molecular flexibility index (Phi) is 4.95. The van der Waals surface area contributed by atoms with Gasteiger partial charge in [0.15, 0.2) is 5.78 Å². The molecular formula is C15H10F2O5S2. The van der Waals surface area contributed by atoms with Gasteiger partial charge in [-0.25, -0.2) is 0 Å². The van der Waals surface area contributed by atoms with E-state index in [2.05, 4.69) is 0 Å². The third kappa shape index (κ3) is 4.56. The number of carbonyl (C=O) groups is 1. The van der Waals surface area contributed by atoms with Gasteiger partial charge in [0.05, 0.1) is 9.79 Å². The lowest BCUT2D eigenvalue weighted by atomic mass is 10.1. The first-order chi connectivity index (χ1) is 11.1. The summed E-state index contributed by atoms with van der Waals surface area (Å²) in [5, 5.41) is 0. The number of hydrogen-bond donors (Lipinski definition) is 0. The molecule has 126 valence electrons. The molecule has 24 heavy (non-hydrogen) atoms. The van der Waals surface area contributed by atoms with Crippen molar-refractivity contribution in [1.29, 1.82) is 0 Å². The van der Waals surface area contributed by atoms with Crippen molar-refractivity contribution in [3.63, 3.8) is 0 Å². The van der Waals surface area contributed by atoms with Crippen LogP contribution in [0.3, 0.4) is 0 Å². The molecule has 0 bridgehead atoms. The van der Waals surface area contributed by atoms with Gasteiger partial charge in [-0.05, 0) is 48.0 Å². The standard InChI is InChI=1S/C15H10F2O5S2/c16-23(19,20)13-6-1-11(2-7-13)3-10-15(18)12-4-8-14(9-5-12)24(17,21)22/h1-10H. The minimum Gasteiger partial charge on any atom is -0.289 e. The molecule has 0 saturated heterocycles. The van der Waals surface area contributed by atoms with Crippen LogP contribution in [0.4, 0.5) is 7.77 Å². The highest BCUT2D eigenvalue weighted by atomic mass is 32.3. The predicted molar refractivity (Wildman–Crippen MR) is 82.8 cm³/mol. The number of halogens is 2. The van der Waals surface area contributed by atoms with E-state index >= 15 is 0 Å². The maximum atomic E-state index is 12.7. The van der Waals surface area contributed by atoms with E-state index in [-0.39, 0.29) is 5.56 Å². The molecule has 2 aromatic rings. The fourth-order valence-corrected chi connectivity index (χ4v) is 2.71. The molecule has 0 atom stereocenters. The molecule has 2 aromatic carbocycles. The van der Waals surface area contributed by atoms with Gasteiger partial charge in [-0.15, -0.1) is 7.77 Å². The van der Waals surface area contributed by atoms with Crippen LogP contribution in [-0.2, 0) is 20.4 Å². The van der Waals surface area contributed by atoms with Crippen LogP contribution in [0, 0.1) is 0 Å². The van der Waals surface area contributed by atoms with Crippen LogP contribution in [0.1, 0.15) is 15.9 Å². The Balaban J connectivity index is 2.16. The predicted octanol–water partition coefficient (Wildman–Crippen LogP) is 2.90. The van der Waals surface area contributed by atoms with E-state index in [0.29, 0.717) is 5.56 Å². The Morgan fingerprint density at radius 1 is 0.750 bits per heavy atom. The lowest BCUT2D eigenvalue weighted by molar-refractivity contribution is 0.104. The molecule has 0 aliphatic rings. The van der Waals surface area contributed by atoms with Gasteiger partial charge in [-0.3, -0.25) is 4.79 Å². The van der Waals surface area contributed by atoms with Gasteiger partial charge < -0.3 is 0 Å². The minimum absolute atomic E-state index is 0.140. The van der Waals surface area contributed by atoms with Gasteiger partial charge >= 0.3 is 20.4 Å². The SMILES string of the molecule is O=C(C=Cc1ccc(S(=O)(=O)F)cc1)c1ccc(S(=O)(=O)F)cc1. The molecule has 9 heteroatoms. The quantitative estimate of drug-likeness (QED) is 0.458. The molecule has 0 amide bonds. The summed E-state index contributed by atoms with van der Waals surface area (Å²) in [5.74, 6) is -0.472. The Morgan fingerprint density at radius 2 is 1.17 bits per heavy atom. The number of allylic oxidation sites excluding steroid dienone is 1. The van der Waals surface area contributed by atoms with Crippen LogP contribution in [0.5, 0.6) is 0 Å². The average Bonchev–Trinajstić information content (AvgIpc) is 2.51. The van der Waals surface area contributed by atoms with Crippen LogP contribution >= 0.6 is 0 Å². The Hall–Kier alpha value is -2.39. The zero-order valence-electron chi connectivity index (χ0n) is 11.9. The topological polar surface area (TPSA) is 85.3 Å². The monoisotopic (exact) mass is 372 g/mol. The lowest BCUT2D eigenvalue weighted by Crippen LogP contribution is -1.97. The third-order valence-corrected chi connectivity index (χ3v) is 4.68. The highest BCUT2D eigenvalue weighted by Gasteiger charge is 2.12. The largest absolute Gasteiger partial charge is 0.332 e. The summed E-state index contributed by atoms with van der Waals surface area (Å²) in [5.41, 5.74) is 0.598. The van der Waals surface area contributed by atoms with E-state index in [1.807, 2.05) is 0 Å². The maximum Gasteiger partial charge on any atom is 0.332 e. The number of rotatable bonds is 5. The van der Waals surface area contributed by atoms with E-state index in [0.717, 1.165) is 42.5 Å². The molecule has 0 heterocycles. The Bertz CT molecular complexity index is 991. The van der Waals surface area contributed by atoms with E-state index in [4.69, 9.17) is 0 Å². The molecule has 5 nitrogen and oxygen atoms in total. The van der Waals surface area contributed by atoms with Crippen LogP contribution in [0.2, 0.25) is 0 Å². The van der Waals surface area contributed by atoms with Crippen molar-refractivity contribution in [3.05, 3.63) is 65.7 Å². The molecule has 0 aliphatic heterocycles. The lowest BCUT2D eigenvalue weighted by Gasteiger charge is -1.99. The smallest absolute Gasteiger partial charge is 0.289 e. The summed E-state index contributed by atoms with van der Waals surface area (Å²) in [6.45, 7) is 0. The van der Waals surface area contributed by atoms with Crippen LogP contribution in [0.25, 0.3) is 6.08 Å². The molecule has 0 saturated carbocycles. The zero-order valence-corrected chi connectivity index (χ0v) is 13.5. The molecule has 0 unspecified atom stereocenters. The average molecular weight is 372 g/mol. The van der Waals surface area contributed by atoms with Crippen LogP contribution < -0.4 is 0 Å². The second kappa shape index (κ2) is 6.62. The highest BCUT2D eigenvalue weighted by molar-refractivity contribution is 7.86. The van der Waals surface area contributed by atoms with Gasteiger partial charge in [-0.1, -0.05) is 18.2 Å². The summed E-state index contributed by atoms with van der Waals surface area (Å²) in [4.78, 5) is 10.9. The summed E-state index contributed by atoms with van der Waals surface area (Å²) in [6, 6.07) is 9.01. The summed E-state index contributed by atoms with van der Waals surface area (Å²) in [7, 11) is -9.61. The number of carbonyl (C=O) groups excluding carboxylic acids is 1. The minimum atomic E-state index is -4.83. The van der Waals surface area contributed by atoms with Crippen molar-refractivity contribution < 1.29 is 29.4 Å². The first-order valence-corrected chi connectivity index (χ1v) is 9.16. The highest BCUT2D eigenvalue weighted by Crippen LogP contribution is 2.16. The van der Waals surface area contributed by atoms with Gasteiger partial charge in [0.1, 0.15) is 0 Å². The Morgan fingerprint density at radius 3 is 1.58 bits per heavy atom. The summed E-state index contributed by atoms with van der Waals surface area (Å²) in [6.07, 6.45) is 2.54. The van der Waals surface area contributed by atoms with E-state index < -0.39 is 36.0 Å². The zero-order chi connectivity index (χ0) is 18.0. The maximum absolute atomic E-state index is 12.7. The third-order valence-electron chi connectivity index (χ3n) is 3.01. The van der Waals surface area contributed by atoms with E-state index in [1.54, 1.807) is 0 Å². The fraction of sp³-hybridized carbons (Fsp3) is 0. The Labute approximate surface area is 137 Å². The number of benzene rings is 2. The van der Waals surface area contributed by atoms with Crippen molar-refractivity contribution in [3.8, 4) is 0 Å². The molecule has 0 fully saturated rings. The van der Waals surface area contributed by atoms with E-state index in [1.165, 1.54) is 18.2 Å². The van der Waals surface area contributed by atoms with E-state index in [9.17, 15) is 29.4 Å². The van der Waals surface area contributed by atoms with Crippen molar-refractivity contribution in [2.75, 3.05) is 0 Å². The molecule has 0 aromatic heterocycles. The van der Waals surface area contributed by atoms with Gasteiger partial charge in [0.2, 0.25) is 0 Å². The summed E-state index contributed by atoms with van der Waals surface area (Å²) < 4.78 is 68.2. The van der Waals surface area contributed by atoms with Crippen molar-refractivity contribution in [2.45, 2.75) is 9.79 Å². The van der Waals surface area contributed by atoms with Crippen molar-refractivity contribution >= 4 is 32.3 Å². The second-order valence-electron chi connectivity index (χ2n) is 4.67. The van der Waals surface area contributed by atoms with Crippen LogP contribution in [-0.4, -0.2) is 22.6 Å². The second-order valence-corrected chi connectivity index (χ2v) is 7.36. The van der Waals surface area contributed by atoms with Gasteiger partial charge in [0.25, 0.3) is 0 Å². The van der Waals surface area contributed by atoms with Gasteiger partial charge in [-0.2, -0.15) is 16.8 Å². The van der Waals surface area contributed by atoms with Crippen molar-refractivity contribution in [1.82, 2.24) is 0 Å². The molecule has 0 aliphatic carbocycles. The normalized spacial score (nSPS) is 12.4. The van der Waals surface area contributed by atoms with Crippen LogP contribution in [0.15, 0.2) is 64.4 Å². The first kappa shape index (κ1) is 18.0.